The van der Waals surface area contributed by atoms with Crippen molar-refractivity contribution in [2.24, 2.45) is 5.73 Å². The second-order valence-corrected chi connectivity index (χ2v) is 3.18. The molecule has 1 heterocycles. The molecule has 5 nitrogen and oxygen atoms in total. The number of nitrogens with one attached hydrogen (secondary N) is 2. The van der Waals surface area contributed by atoms with E-state index >= 15 is 0 Å². The van der Waals surface area contributed by atoms with Gasteiger partial charge in [0.15, 0.2) is 0 Å². The van der Waals surface area contributed by atoms with Gasteiger partial charge < -0.3 is 16.0 Å². The summed E-state index contributed by atoms with van der Waals surface area (Å²) >= 11 is 0. The Hall–Kier alpha value is -1.36. The first-order valence-electron chi connectivity index (χ1n) is 4.76. The lowest BCUT2D eigenvalue weighted by molar-refractivity contribution is 0.613. The van der Waals surface area contributed by atoms with Crippen LogP contribution in [0, 0.1) is 0 Å². The minimum atomic E-state index is -0.151. The summed E-state index contributed by atoms with van der Waals surface area (Å²) < 4.78 is 0. The number of aromatic nitrogens is 2. The molecule has 0 aliphatic rings. The summed E-state index contributed by atoms with van der Waals surface area (Å²) in [6.07, 6.45) is 3.22. The van der Waals surface area contributed by atoms with E-state index < -0.39 is 0 Å². The van der Waals surface area contributed by atoms with Gasteiger partial charge in [0.2, 0.25) is 0 Å². The summed E-state index contributed by atoms with van der Waals surface area (Å²) in [5.41, 5.74) is 5.59. The summed E-state index contributed by atoms with van der Waals surface area (Å²) in [5, 5.41) is 3.04. The Labute approximate surface area is 82.7 Å². The SMILES string of the molecule is CCC(N)CCNc1cc(=O)[nH]cn1. The van der Waals surface area contributed by atoms with E-state index in [2.05, 4.69) is 22.2 Å². The number of nitrogens with zero attached hydrogens (tertiary/aromatic N) is 1. The van der Waals surface area contributed by atoms with Gasteiger partial charge in [0.05, 0.1) is 6.33 Å². The number of hydrogen-bond donors (Lipinski definition) is 3. The van der Waals surface area contributed by atoms with E-state index in [0.717, 1.165) is 19.4 Å². The molecule has 0 aliphatic carbocycles. The fourth-order valence-electron chi connectivity index (χ4n) is 1.05. The quantitative estimate of drug-likeness (QED) is 0.632. The van der Waals surface area contributed by atoms with E-state index in [-0.39, 0.29) is 11.6 Å². The minimum absolute atomic E-state index is 0.151. The van der Waals surface area contributed by atoms with Gasteiger partial charge in [-0.05, 0) is 12.8 Å². The Morgan fingerprint density at radius 1 is 1.71 bits per heavy atom. The predicted octanol–water partition coefficient (Wildman–Crippen LogP) is 0.309. The van der Waals surface area contributed by atoms with Gasteiger partial charge in [-0.3, -0.25) is 4.79 Å². The van der Waals surface area contributed by atoms with Crippen LogP contribution in [0.3, 0.4) is 0 Å². The first-order valence-corrected chi connectivity index (χ1v) is 4.76. The number of H-pyrrole nitrogens is 1. The van der Waals surface area contributed by atoms with Crippen molar-refractivity contribution in [1.82, 2.24) is 9.97 Å². The number of hydrogen-bond acceptors (Lipinski definition) is 4. The first-order chi connectivity index (χ1) is 6.72. The highest BCUT2D eigenvalue weighted by atomic mass is 16.1. The van der Waals surface area contributed by atoms with E-state index in [1.54, 1.807) is 0 Å². The molecule has 78 valence electrons. The molecule has 1 unspecified atom stereocenters. The van der Waals surface area contributed by atoms with Crippen LogP contribution in [-0.4, -0.2) is 22.6 Å². The van der Waals surface area contributed by atoms with Crippen LogP contribution in [0.4, 0.5) is 5.82 Å². The molecule has 1 aromatic rings. The molecule has 0 amide bonds. The molecule has 0 bridgehead atoms. The molecular weight excluding hydrogens is 180 g/mol. The summed E-state index contributed by atoms with van der Waals surface area (Å²) in [7, 11) is 0. The molecule has 0 radical (unpaired) electrons. The zero-order chi connectivity index (χ0) is 10.4. The van der Waals surface area contributed by atoms with Crippen LogP contribution >= 0.6 is 0 Å². The van der Waals surface area contributed by atoms with Crippen molar-refractivity contribution < 1.29 is 0 Å². The third-order valence-corrected chi connectivity index (χ3v) is 2.02. The lowest BCUT2D eigenvalue weighted by atomic mass is 10.2. The summed E-state index contributed by atoms with van der Waals surface area (Å²) in [6.45, 7) is 2.79. The van der Waals surface area contributed by atoms with Crippen LogP contribution in [0.2, 0.25) is 0 Å². The lowest BCUT2D eigenvalue weighted by Crippen LogP contribution is -2.22. The van der Waals surface area contributed by atoms with E-state index in [4.69, 9.17) is 5.73 Å². The van der Waals surface area contributed by atoms with Gasteiger partial charge in [0.1, 0.15) is 5.82 Å². The standard InChI is InChI=1S/C9H16N4O/c1-2-7(10)3-4-11-8-5-9(14)13-6-12-8/h5-7H,2-4,10H2,1H3,(H2,11,12,13,14). The van der Waals surface area contributed by atoms with Crippen LogP contribution in [0.1, 0.15) is 19.8 Å². The van der Waals surface area contributed by atoms with Gasteiger partial charge in [-0.25, -0.2) is 4.98 Å². The number of aromatic amines is 1. The van der Waals surface area contributed by atoms with E-state index in [9.17, 15) is 4.79 Å². The molecule has 0 fully saturated rings. The average Bonchev–Trinajstić information content (AvgIpc) is 2.17. The van der Waals surface area contributed by atoms with Crippen LogP contribution in [0.5, 0.6) is 0 Å². The topological polar surface area (TPSA) is 83.8 Å². The Morgan fingerprint density at radius 2 is 2.50 bits per heavy atom. The molecule has 5 heteroatoms. The highest BCUT2D eigenvalue weighted by Crippen LogP contribution is 1.97. The molecule has 0 aliphatic heterocycles. The largest absolute Gasteiger partial charge is 0.370 e. The zero-order valence-electron chi connectivity index (χ0n) is 8.29. The van der Waals surface area contributed by atoms with E-state index in [1.807, 2.05) is 0 Å². The summed E-state index contributed by atoms with van der Waals surface area (Å²) in [5.74, 6) is 0.594. The van der Waals surface area contributed by atoms with Gasteiger partial charge >= 0.3 is 0 Å². The lowest BCUT2D eigenvalue weighted by Gasteiger charge is -2.09. The Bertz CT molecular complexity index is 323. The highest BCUT2D eigenvalue weighted by molar-refractivity contribution is 5.31. The normalized spacial score (nSPS) is 12.4. The number of anilines is 1. The van der Waals surface area contributed by atoms with Crippen molar-refractivity contribution in [2.75, 3.05) is 11.9 Å². The highest BCUT2D eigenvalue weighted by Gasteiger charge is 1.98. The summed E-state index contributed by atoms with van der Waals surface area (Å²) in [6, 6.07) is 1.64. The molecule has 0 aromatic carbocycles. The van der Waals surface area contributed by atoms with Gasteiger partial charge in [-0.2, -0.15) is 0 Å². The smallest absolute Gasteiger partial charge is 0.252 e. The first kappa shape index (κ1) is 10.7. The van der Waals surface area contributed by atoms with Gasteiger partial charge in [0, 0.05) is 18.7 Å². The molecule has 14 heavy (non-hydrogen) atoms. The average molecular weight is 196 g/mol. The van der Waals surface area contributed by atoms with Crippen molar-refractivity contribution in [3.8, 4) is 0 Å². The fourth-order valence-corrected chi connectivity index (χ4v) is 1.05. The second-order valence-electron chi connectivity index (χ2n) is 3.18. The number of nitrogens with two attached hydrogens (primary N) is 1. The van der Waals surface area contributed by atoms with Crippen molar-refractivity contribution in [2.45, 2.75) is 25.8 Å². The van der Waals surface area contributed by atoms with Gasteiger partial charge in [0.25, 0.3) is 5.56 Å². The zero-order valence-corrected chi connectivity index (χ0v) is 8.29. The third kappa shape index (κ3) is 3.57. The van der Waals surface area contributed by atoms with Crippen molar-refractivity contribution in [3.63, 3.8) is 0 Å². The van der Waals surface area contributed by atoms with Gasteiger partial charge in [-0.15, -0.1) is 0 Å². The molecule has 1 rings (SSSR count). The molecular formula is C9H16N4O. The minimum Gasteiger partial charge on any atom is -0.370 e. The maximum absolute atomic E-state index is 10.9. The van der Waals surface area contributed by atoms with Gasteiger partial charge in [-0.1, -0.05) is 6.92 Å². The van der Waals surface area contributed by atoms with E-state index in [0.29, 0.717) is 5.82 Å². The Morgan fingerprint density at radius 3 is 3.14 bits per heavy atom. The Kier molecular flexibility index (Phi) is 4.12. The predicted molar refractivity (Wildman–Crippen MR) is 56.2 cm³/mol. The Balaban J connectivity index is 2.35. The van der Waals surface area contributed by atoms with Crippen molar-refractivity contribution in [1.29, 1.82) is 0 Å². The van der Waals surface area contributed by atoms with Crippen LogP contribution in [0.25, 0.3) is 0 Å². The molecule has 1 atom stereocenters. The summed E-state index contributed by atoms with van der Waals surface area (Å²) in [4.78, 5) is 17.3. The second kappa shape index (κ2) is 5.39. The van der Waals surface area contributed by atoms with Crippen LogP contribution in [0.15, 0.2) is 17.2 Å². The maximum Gasteiger partial charge on any atom is 0.252 e. The molecule has 0 spiro atoms. The fraction of sp³-hybridized carbons (Fsp3) is 0.556. The van der Waals surface area contributed by atoms with Crippen molar-refractivity contribution in [3.05, 3.63) is 22.7 Å². The van der Waals surface area contributed by atoms with Crippen LogP contribution < -0.4 is 16.6 Å². The third-order valence-electron chi connectivity index (χ3n) is 2.02. The molecule has 0 saturated carbocycles. The maximum atomic E-state index is 10.9. The van der Waals surface area contributed by atoms with Crippen molar-refractivity contribution >= 4 is 5.82 Å². The van der Waals surface area contributed by atoms with Crippen LogP contribution in [-0.2, 0) is 0 Å². The van der Waals surface area contributed by atoms with E-state index in [1.165, 1.54) is 12.4 Å². The number of rotatable bonds is 5. The molecule has 4 N–H and O–H groups in total. The monoisotopic (exact) mass is 196 g/mol. The molecule has 0 saturated heterocycles. The molecule has 1 aromatic heterocycles.